The van der Waals surface area contributed by atoms with Crippen molar-refractivity contribution in [3.8, 4) is 5.88 Å². The number of rotatable bonds is 13. The third kappa shape index (κ3) is 6.25. The molecule has 0 radical (unpaired) electrons. The molecule has 0 spiro atoms. The minimum atomic E-state index is -3.61. The highest BCUT2D eigenvalue weighted by molar-refractivity contribution is 7.91. The molecule has 26 heavy (non-hydrogen) atoms. The molecule has 152 valence electrons. The molecule has 0 N–H and O–H groups in total. The minimum absolute atomic E-state index is 0.0380. The summed E-state index contributed by atoms with van der Waals surface area (Å²) in [4.78, 5) is 0. The molecule has 1 aromatic rings. The molecule has 1 atom stereocenters. The van der Waals surface area contributed by atoms with Gasteiger partial charge in [-0.2, -0.15) is 0 Å². The molecule has 0 aromatic carbocycles. The zero-order valence-electron chi connectivity index (χ0n) is 16.0. The van der Waals surface area contributed by atoms with Crippen LogP contribution in [-0.2, 0) is 25.5 Å². The predicted octanol–water partition coefficient (Wildman–Crippen LogP) is 4.93. The van der Waals surface area contributed by atoms with E-state index in [0.717, 1.165) is 25.7 Å². The number of hydrogen-bond donors (Lipinski definition) is 0. The van der Waals surface area contributed by atoms with Gasteiger partial charge in [-0.05, 0) is 19.8 Å². The summed E-state index contributed by atoms with van der Waals surface area (Å²) in [5.41, 5.74) is 0. The first-order chi connectivity index (χ1) is 12.2. The van der Waals surface area contributed by atoms with E-state index >= 15 is 0 Å². The van der Waals surface area contributed by atoms with E-state index in [9.17, 15) is 13.0 Å². The van der Waals surface area contributed by atoms with Crippen LogP contribution in [0.5, 0.6) is 5.88 Å². The Morgan fingerprint density at radius 3 is 2.35 bits per heavy atom. The van der Waals surface area contributed by atoms with Crippen LogP contribution in [0.15, 0.2) is 5.03 Å². The number of unbranched alkanes of at least 4 members (excludes halogenated alkanes) is 3. The summed E-state index contributed by atoms with van der Waals surface area (Å²) in [5.74, 6) is -0.181. The summed E-state index contributed by atoms with van der Waals surface area (Å²) in [5, 5.41) is 4.02. The van der Waals surface area contributed by atoms with Crippen molar-refractivity contribution < 1.29 is 22.0 Å². The number of sulfone groups is 1. The van der Waals surface area contributed by atoms with E-state index in [1.54, 1.807) is 20.8 Å². The second-order valence-corrected chi connectivity index (χ2v) is 10.7. The van der Waals surface area contributed by atoms with E-state index in [1.807, 2.05) is 0 Å². The van der Waals surface area contributed by atoms with Gasteiger partial charge >= 0.3 is 7.60 Å². The second kappa shape index (κ2) is 10.7. The van der Waals surface area contributed by atoms with E-state index in [-0.39, 0.29) is 34.5 Å². The standard InChI is InChI=1S/C16H30ClN2O5PS/c1-5-9-10-11-12-19-16(26(21,22)13-6-2)14(17)15(18-19)24-25(20,8-4)23-7-3/h5-13H2,1-4H3. The highest BCUT2D eigenvalue weighted by Gasteiger charge is 2.32. The van der Waals surface area contributed by atoms with E-state index in [2.05, 4.69) is 12.0 Å². The van der Waals surface area contributed by atoms with Crippen molar-refractivity contribution in [3.63, 3.8) is 0 Å². The molecule has 0 saturated heterocycles. The zero-order valence-corrected chi connectivity index (χ0v) is 18.5. The first-order valence-electron chi connectivity index (χ1n) is 9.16. The Kier molecular flexibility index (Phi) is 9.65. The SMILES string of the molecule is CCCCCCn1nc(OP(=O)(CC)OCC)c(Cl)c1S(=O)(=O)CCC. The van der Waals surface area contributed by atoms with Gasteiger partial charge in [-0.1, -0.05) is 51.6 Å². The lowest BCUT2D eigenvalue weighted by Gasteiger charge is -2.15. The van der Waals surface area contributed by atoms with Crippen LogP contribution in [0.1, 0.15) is 59.8 Å². The van der Waals surface area contributed by atoms with Crippen molar-refractivity contribution >= 4 is 29.0 Å². The predicted molar refractivity (Wildman–Crippen MR) is 104 cm³/mol. The molecular weight excluding hydrogens is 399 g/mol. The Balaban J connectivity index is 3.24. The summed E-state index contributed by atoms with van der Waals surface area (Å²) in [6.07, 6.45) is 4.47. The topological polar surface area (TPSA) is 87.5 Å². The molecular formula is C16H30ClN2O5PS. The van der Waals surface area contributed by atoms with Crippen LogP contribution in [0.4, 0.5) is 0 Å². The smallest absolute Gasteiger partial charge is 0.380 e. The lowest BCUT2D eigenvalue weighted by molar-refractivity contribution is 0.277. The second-order valence-electron chi connectivity index (χ2n) is 5.96. The number of nitrogens with zero attached hydrogens (tertiary/aromatic N) is 2. The van der Waals surface area contributed by atoms with Crippen molar-refractivity contribution in [2.75, 3.05) is 18.5 Å². The molecule has 7 nitrogen and oxygen atoms in total. The van der Waals surface area contributed by atoms with Gasteiger partial charge in [-0.3, -0.25) is 0 Å². The zero-order chi connectivity index (χ0) is 19.8. The van der Waals surface area contributed by atoms with Gasteiger partial charge in [0.1, 0.15) is 5.02 Å². The highest BCUT2D eigenvalue weighted by Crippen LogP contribution is 2.49. The summed E-state index contributed by atoms with van der Waals surface area (Å²) < 4.78 is 49.9. The monoisotopic (exact) mass is 428 g/mol. The van der Waals surface area contributed by atoms with Crippen molar-refractivity contribution in [2.24, 2.45) is 0 Å². The summed E-state index contributed by atoms with van der Waals surface area (Å²) in [6.45, 7) is 7.88. The van der Waals surface area contributed by atoms with Gasteiger partial charge in [0.15, 0.2) is 14.9 Å². The Morgan fingerprint density at radius 2 is 1.81 bits per heavy atom. The first kappa shape index (κ1) is 23.5. The van der Waals surface area contributed by atoms with Crippen molar-refractivity contribution in [1.82, 2.24) is 9.78 Å². The van der Waals surface area contributed by atoms with Crippen LogP contribution in [0.25, 0.3) is 0 Å². The Bertz CT molecular complexity index is 720. The van der Waals surface area contributed by atoms with Crippen LogP contribution in [0, 0.1) is 0 Å². The highest BCUT2D eigenvalue weighted by atomic mass is 35.5. The van der Waals surface area contributed by atoms with Gasteiger partial charge < -0.3 is 9.05 Å². The number of aromatic nitrogens is 2. The van der Waals surface area contributed by atoms with Crippen molar-refractivity contribution in [2.45, 2.75) is 71.4 Å². The van der Waals surface area contributed by atoms with E-state index in [4.69, 9.17) is 20.6 Å². The number of halogens is 1. The normalized spacial score (nSPS) is 14.3. The average molecular weight is 429 g/mol. The third-order valence-corrected chi connectivity index (χ3v) is 8.03. The summed E-state index contributed by atoms with van der Waals surface area (Å²) in [7, 11) is -7.03. The maximum atomic E-state index is 12.6. The Labute approximate surface area is 161 Å². The summed E-state index contributed by atoms with van der Waals surface area (Å²) >= 11 is 6.29. The van der Waals surface area contributed by atoms with E-state index < -0.39 is 17.4 Å². The van der Waals surface area contributed by atoms with Crippen LogP contribution in [0.2, 0.25) is 5.02 Å². The lowest BCUT2D eigenvalue weighted by Crippen LogP contribution is -2.14. The Hall–Kier alpha value is -0.560. The van der Waals surface area contributed by atoms with Crippen LogP contribution < -0.4 is 4.52 Å². The molecule has 0 saturated carbocycles. The quantitative estimate of drug-likeness (QED) is 0.327. The molecule has 0 amide bonds. The maximum absolute atomic E-state index is 12.6. The van der Waals surface area contributed by atoms with Crippen LogP contribution >= 0.6 is 19.2 Å². The maximum Gasteiger partial charge on any atom is 0.380 e. The van der Waals surface area contributed by atoms with E-state index in [0.29, 0.717) is 13.0 Å². The fourth-order valence-corrected chi connectivity index (χ4v) is 5.75. The fraction of sp³-hybridized carbons (Fsp3) is 0.812. The molecule has 1 heterocycles. The molecule has 0 bridgehead atoms. The molecule has 0 fully saturated rings. The average Bonchev–Trinajstić information content (AvgIpc) is 2.88. The molecule has 1 unspecified atom stereocenters. The molecule has 1 aromatic heterocycles. The molecule has 10 heteroatoms. The third-order valence-electron chi connectivity index (χ3n) is 3.75. The molecule has 0 aliphatic heterocycles. The van der Waals surface area contributed by atoms with Crippen LogP contribution in [0.3, 0.4) is 0 Å². The van der Waals surface area contributed by atoms with Gasteiger partial charge in [-0.25, -0.2) is 17.7 Å². The molecule has 0 aliphatic rings. The molecule has 1 rings (SSSR count). The fourth-order valence-electron chi connectivity index (χ4n) is 2.48. The van der Waals surface area contributed by atoms with Gasteiger partial charge in [0.05, 0.1) is 18.5 Å². The number of hydrogen-bond acceptors (Lipinski definition) is 6. The van der Waals surface area contributed by atoms with Gasteiger partial charge in [0.25, 0.3) is 5.88 Å². The van der Waals surface area contributed by atoms with Gasteiger partial charge in [0.2, 0.25) is 0 Å². The van der Waals surface area contributed by atoms with Gasteiger partial charge in [0, 0.05) is 6.54 Å². The first-order valence-corrected chi connectivity index (χ1v) is 12.9. The number of aryl methyl sites for hydroxylation is 1. The van der Waals surface area contributed by atoms with Crippen molar-refractivity contribution in [1.29, 1.82) is 0 Å². The summed E-state index contributed by atoms with van der Waals surface area (Å²) in [6, 6.07) is 0. The minimum Gasteiger partial charge on any atom is -0.403 e. The van der Waals surface area contributed by atoms with E-state index in [1.165, 1.54) is 4.68 Å². The largest absolute Gasteiger partial charge is 0.403 e. The van der Waals surface area contributed by atoms with Crippen molar-refractivity contribution in [3.05, 3.63) is 5.02 Å². The lowest BCUT2D eigenvalue weighted by atomic mass is 10.2. The van der Waals surface area contributed by atoms with Crippen LogP contribution in [-0.4, -0.2) is 36.7 Å². The Morgan fingerprint density at radius 1 is 1.12 bits per heavy atom. The van der Waals surface area contributed by atoms with Gasteiger partial charge in [-0.15, -0.1) is 5.10 Å². The molecule has 0 aliphatic carbocycles.